The molecule has 0 radical (unpaired) electrons. The van der Waals surface area contributed by atoms with Gasteiger partial charge in [-0.15, -0.1) is 0 Å². The highest BCUT2D eigenvalue weighted by atomic mass is 16.5. The molecule has 26 heavy (non-hydrogen) atoms. The van der Waals surface area contributed by atoms with E-state index in [0.717, 1.165) is 6.42 Å². The molecule has 0 fully saturated rings. The van der Waals surface area contributed by atoms with E-state index < -0.39 is 5.91 Å². The molecule has 0 unspecified atom stereocenters. The van der Waals surface area contributed by atoms with Crippen molar-refractivity contribution in [3.05, 3.63) is 65.7 Å². The van der Waals surface area contributed by atoms with Crippen molar-refractivity contribution in [2.75, 3.05) is 19.7 Å². The number of hydrogen-bond donors (Lipinski definition) is 3. The van der Waals surface area contributed by atoms with Gasteiger partial charge in [0.15, 0.2) is 0 Å². The number of carbonyl (C=O) groups excluding carboxylic acids is 2. The lowest BCUT2D eigenvalue weighted by molar-refractivity contribution is 0.0997. The molecule has 0 spiro atoms. The molecule has 0 heterocycles. The molecule has 0 saturated carbocycles. The highest BCUT2D eigenvalue weighted by Crippen LogP contribution is 2.16. The van der Waals surface area contributed by atoms with Crippen LogP contribution in [0.4, 0.5) is 4.79 Å². The summed E-state index contributed by atoms with van der Waals surface area (Å²) in [6, 6.07) is 16.4. The Bertz CT molecular complexity index is 795. The summed E-state index contributed by atoms with van der Waals surface area (Å²) in [5, 5.41) is 5.41. The number of benzene rings is 2. The topological polar surface area (TPSA) is 93.5 Å². The Balaban J connectivity index is 1.63. The van der Waals surface area contributed by atoms with E-state index in [0.29, 0.717) is 17.9 Å². The molecule has 6 nitrogen and oxygen atoms in total. The first-order valence-corrected chi connectivity index (χ1v) is 8.20. The number of nitrogens with two attached hydrogens (primary N) is 1. The van der Waals surface area contributed by atoms with Crippen LogP contribution in [0, 0.1) is 11.8 Å². The molecule has 0 bridgehead atoms. The minimum absolute atomic E-state index is 0.0988. The summed E-state index contributed by atoms with van der Waals surface area (Å²) in [4.78, 5) is 22.9. The van der Waals surface area contributed by atoms with Crippen LogP contribution in [0.5, 0.6) is 5.75 Å². The predicted molar refractivity (Wildman–Crippen MR) is 99.8 cm³/mol. The first kappa shape index (κ1) is 18.9. The third-order valence-corrected chi connectivity index (χ3v) is 3.46. The fraction of sp³-hybridized carbons (Fsp3) is 0.200. The lowest BCUT2D eigenvalue weighted by Gasteiger charge is -2.06. The molecule has 4 N–H and O–H groups in total. The minimum atomic E-state index is -0.553. The van der Waals surface area contributed by atoms with Crippen molar-refractivity contribution in [3.63, 3.8) is 0 Å². The van der Waals surface area contributed by atoms with E-state index in [9.17, 15) is 9.59 Å². The van der Waals surface area contributed by atoms with Crippen LogP contribution in [0.1, 0.15) is 15.9 Å². The summed E-state index contributed by atoms with van der Waals surface area (Å²) < 4.78 is 5.42. The molecule has 0 aliphatic heterocycles. The summed E-state index contributed by atoms with van der Waals surface area (Å²) in [7, 11) is 0. The number of nitrogens with one attached hydrogen (secondary N) is 2. The zero-order valence-electron chi connectivity index (χ0n) is 14.3. The molecule has 3 amide bonds. The summed E-state index contributed by atoms with van der Waals surface area (Å²) in [6.45, 7) is 0.857. The monoisotopic (exact) mass is 351 g/mol. The maximum absolute atomic E-state index is 11.6. The molecule has 0 atom stereocenters. The zero-order valence-corrected chi connectivity index (χ0v) is 14.3. The average molecular weight is 351 g/mol. The maximum atomic E-state index is 11.6. The third-order valence-electron chi connectivity index (χ3n) is 3.46. The number of urea groups is 1. The second kappa shape index (κ2) is 10.4. The number of carbonyl (C=O) groups is 2. The van der Waals surface area contributed by atoms with Gasteiger partial charge in [-0.3, -0.25) is 4.79 Å². The van der Waals surface area contributed by atoms with Crippen LogP contribution in [-0.2, 0) is 6.42 Å². The molecule has 0 aliphatic carbocycles. The molecule has 0 saturated heterocycles. The summed E-state index contributed by atoms with van der Waals surface area (Å²) in [5.74, 6) is 5.39. The van der Waals surface area contributed by atoms with E-state index in [2.05, 4.69) is 22.5 Å². The van der Waals surface area contributed by atoms with Gasteiger partial charge in [-0.25, -0.2) is 4.79 Å². The van der Waals surface area contributed by atoms with E-state index in [1.165, 1.54) is 5.56 Å². The fourth-order valence-electron chi connectivity index (χ4n) is 2.18. The van der Waals surface area contributed by atoms with Gasteiger partial charge in [0.1, 0.15) is 12.4 Å². The molecule has 134 valence electrons. The maximum Gasteiger partial charge on any atom is 0.315 e. The van der Waals surface area contributed by atoms with Gasteiger partial charge >= 0.3 is 6.03 Å². The zero-order chi connectivity index (χ0) is 18.6. The summed E-state index contributed by atoms with van der Waals surface area (Å²) in [5.41, 5.74) is 6.75. The van der Waals surface area contributed by atoms with Crippen LogP contribution in [-0.4, -0.2) is 31.6 Å². The molecule has 6 heteroatoms. The Labute approximate surface area is 152 Å². The van der Waals surface area contributed by atoms with Crippen molar-refractivity contribution in [3.8, 4) is 17.6 Å². The van der Waals surface area contributed by atoms with Gasteiger partial charge < -0.3 is 21.1 Å². The Morgan fingerprint density at radius 2 is 1.69 bits per heavy atom. The van der Waals surface area contributed by atoms with E-state index in [1.807, 2.05) is 30.3 Å². The van der Waals surface area contributed by atoms with Crippen molar-refractivity contribution in [1.82, 2.24) is 10.6 Å². The van der Waals surface area contributed by atoms with Crippen molar-refractivity contribution < 1.29 is 14.3 Å². The van der Waals surface area contributed by atoms with Crippen LogP contribution in [0.2, 0.25) is 0 Å². The average Bonchev–Trinajstić information content (AvgIpc) is 2.65. The Morgan fingerprint density at radius 3 is 2.46 bits per heavy atom. The van der Waals surface area contributed by atoms with E-state index >= 15 is 0 Å². The van der Waals surface area contributed by atoms with Crippen LogP contribution in [0.15, 0.2) is 54.6 Å². The number of para-hydroxylation sites is 1. The Kier molecular flexibility index (Phi) is 7.56. The van der Waals surface area contributed by atoms with Gasteiger partial charge in [-0.1, -0.05) is 54.3 Å². The molecule has 0 aromatic heterocycles. The quantitative estimate of drug-likeness (QED) is 0.663. The number of rotatable bonds is 7. The van der Waals surface area contributed by atoms with Gasteiger partial charge in [-0.05, 0) is 24.1 Å². The number of ether oxygens (including phenoxy) is 1. The second-order valence-corrected chi connectivity index (χ2v) is 5.35. The molecule has 2 aromatic rings. The molecule has 2 rings (SSSR count). The van der Waals surface area contributed by atoms with Crippen LogP contribution in [0.25, 0.3) is 0 Å². The standard InChI is InChI=1S/C20H21N3O3/c21-19(24)17-10-4-5-11-18(17)26-15-7-6-13-22-20(25)23-14-12-16-8-2-1-3-9-16/h1-5,8-11H,12-15H2,(H2,21,24)(H2,22,23,25). The van der Waals surface area contributed by atoms with E-state index in [-0.39, 0.29) is 19.2 Å². The van der Waals surface area contributed by atoms with Gasteiger partial charge in [0.2, 0.25) is 0 Å². The Hall–Kier alpha value is -3.46. The summed E-state index contributed by atoms with van der Waals surface area (Å²) in [6.07, 6.45) is 0.771. The molecule has 0 aliphatic rings. The van der Waals surface area contributed by atoms with Gasteiger partial charge in [0.25, 0.3) is 5.91 Å². The summed E-state index contributed by atoms with van der Waals surface area (Å²) >= 11 is 0. The highest BCUT2D eigenvalue weighted by Gasteiger charge is 2.07. The first-order chi connectivity index (χ1) is 12.7. The molecular weight excluding hydrogens is 330 g/mol. The minimum Gasteiger partial charge on any atom is -0.480 e. The fourth-order valence-corrected chi connectivity index (χ4v) is 2.18. The lowest BCUT2D eigenvalue weighted by Crippen LogP contribution is -2.36. The number of amides is 3. The van der Waals surface area contributed by atoms with Gasteiger partial charge in [0.05, 0.1) is 12.1 Å². The van der Waals surface area contributed by atoms with Gasteiger partial charge in [-0.2, -0.15) is 0 Å². The van der Waals surface area contributed by atoms with E-state index in [1.54, 1.807) is 24.3 Å². The highest BCUT2D eigenvalue weighted by molar-refractivity contribution is 5.95. The van der Waals surface area contributed by atoms with Crippen LogP contribution >= 0.6 is 0 Å². The third kappa shape index (κ3) is 6.57. The second-order valence-electron chi connectivity index (χ2n) is 5.35. The van der Waals surface area contributed by atoms with E-state index in [4.69, 9.17) is 10.5 Å². The largest absolute Gasteiger partial charge is 0.480 e. The van der Waals surface area contributed by atoms with Crippen molar-refractivity contribution >= 4 is 11.9 Å². The lowest BCUT2D eigenvalue weighted by atomic mass is 10.1. The van der Waals surface area contributed by atoms with Gasteiger partial charge in [0, 0.05) is 6.54 Å². The van der Waals surface area contributed by atoms with Crippen LogP contribution in [0.3, 0.4) is 0 Å². The number of hydrogen-bond acceptors (Lipinski definition) is 3. The van der Waals surface area contributed by atoms with Crippen molar-refractivity contribution in [2.45, 2.75) is 6.42 Å². The normalized spacial score (nSPS) is 9.54. The number of primary amides is 1. The predicted octanol–water partition coefficient (Wildman–Crippen LogP) is 1.71. The molecular formula is C20H21N3O3. The van der Waals surface area contributed by atoms with Crippen molar-refractivity contribution in [1.29, 1.82) is 0 Å². The SMILES string of the molecule is NC(=O)c1ccccc1OCC#CCNC(=O)NCCc1ccccc1. The Morgan fingerprint density at radius 1 is 0.962 bits per heavy atom. The molecule has 2 aromatic carbocycles. The smallest absolute Gasteiger partial charge is 0.315 e. The first-order valence-electron chi connectivity index (χ1n) is 8.20. The van der Waals surface area contributed by atoms with Crippen LogP contribution < -0.4 is 21.1 Å². The van der Waals surface area contributed by atoms with Crippen molar-refractivity contribution in [2.24, 2.45) is 5.73 Å².